The molecule has 2 heteroatoms. The lowest BCUT2D eigenvalue weighted by Gasteiger charge is -2.61. The molecular formula is C25H42O2. The number of rotatable bonds is 4. The zero-order chi connectivity index (χ0) is 19.4. The van der Waals surface area contributed by atoms with Crippen LogP contribution in [0.4, 0.5) is 0 Å². The van der Waals surface area contributed by atoms with E-state index in [9.17, 15) is 9.90 Å². The third-order valence-electron chi connectivity index (χ3n) is 10.4. The Morgan fingerprint density at radius 2 is 1.70 bits per heavy atom. The second-order valence-corrected chi connectivity index (χ2v) is 11.5. The lowest BCUT2D eigenvalue weighted by Crippen LogP contribution is -2.54. The van der Waals surface area contributed by atoms with Crippen LogP contribution in [0.3, 0.4) is 0 Å². The van der Waals surface area contributed by atoms with Crippen LogP contribution in [0.25, 0.3) is 0 Å². The van der Waals surface area contributed by atoms with Crippen LogP contribution >= 0.6 is 0 Å². The third-order valence-corrected chi connectivity index (χ3v) is 10.4. The molecule has 4 rings (SSSR count). The van der Waals surface area contributed by atoms with Gasteiger partial charge in [0.2, 0.25) is 0 Å². The Morgan fingerprint density at radius 3 is 2.44 bits per heavy atom. The third kappa shape index (κ3) is 3.22. The number of carbonyl (C=O) groups is 1. The maximum Gasteiger partial charge on any atom is 0.129 e. The van der Waals surface area contributed by atoms with Crippen molar-refractivity contribution in [1.29, 1.82) is 0 Å². The van der Waals surface area contributed by atoms with Gasteiger partial charge in [-0.1, -0.05) is 20.8 Å². The van der Waals surface area contributed by atoms with E-state index in [0.717, 1.165) is 55.3 Å². The van der Waals surface area contributed by atoms with Crippen LogP contribution < -0.4 is 0 Å². The first-order valence-corrected chi connectivity index (χ1v) is 11.9. The molecule has 2 nitrogen and oxygen atoms in total. The van der Waals surface area contributed by atoms with Crippen molar-refractivity contribution in [3.8, 4) is 0 Å². The van der Waals surface area contributed by atoms with Crippen LogP contribution in [-0.2, 0) is 4.79 Å². The Balaban J connectivity index is 1.51. The number of aliphatic hydroxyl groups excluding tert-OH is 1. The molecule has 154 valence electrons. The van der Waals surface area contributed by atoms with Crippen LogP contribution in [0.5, 0.6) is 0 Å². The van der Waals surface area contributed by atoms with E-state index < -0.39 is 0 Å². The van der Waals surface area contributed by atoms with Crippen molar-refractivity contribution in [2.45, 2.75) is 104 Å². The van der Waals surface area contributed by atoms with Gasteiger partial charge in [-0.25, -0.2) is 0 Å². The second-order valence-electron chi connectivity index (χ2n) is 11.5. The average molecular weight is 375 g/mol. The lowest BCUT2D eigenvalue weighted by molar-refractivity contribution is -0.129. The first-order chi connectivity index (χ1) is 12.8. The molecule has 0 saturated heterocycles. The van der Waals surface area contributed by atoms with Gasteiger partial charge in [0.25, 0.3) is 0 Å². The van der Waals surface area contributed by atoms with Gasteiger partial charge in [-0.2, -0.15) is 0 Å². The number of fused-ring (bicyclic) bond motifs is 5. The highest BCUT2D eigenvalue weighted by molar-refractivity contribution is 5.75. The van der Waals surface area contributed by atoms with Crippen LogP contribution in [0, 0.1) is 46.3 Å². The van der Waals surface area contributed by atoms with E-state index in [2.05, 4.69) is 20.8 Å². The molecule has 0 aromatic rings. The number of aliphatic hydroxyl groups is 1. The van der Waals surface area contributed by atoms with Gasteiger partial charge in [-0.15, -0.1) is 0 Å². The molecular weight excluding hydrogens is 332 g/mol. The monoisotopic (exact) mass is 374 g/mol. The Morgan fingerprint density at radius 1 is 1.00 bits per heavy atom. The molecule has 4 fully saturated rings. The molecule has 0 aromatic carbocycles. The first-order valence-electron chi connectivity index (χ1n) is 11.9. The number of ketones is 1. The second kappa shape index (κ2) is 7.15. The van der Waals surface area contributed by atoms with E-state index in [1.54, 1.807) is 6.92 Å². The molecule has 1 N–H and O–H groups in total. The number of Topliss-reactive ketones (excluding diaryl/α,β-unsaturated/α-hetero) is 1. The predicted octanol–water partition coefficient (Wildman–Crippen LogP) is 6.01. The van der Waals surface area contributed by atoms with E-state index in [-0.39, 0.29) is 6.10 Å². The Labute approximate surface area is 166 Å². The summed E-state index contributed by atoms with van der Waals surface area (Å²) in [6, 6.07) is 0. The molecule has 4 saturated carbocycles. The van der Waals surface area contributed by atoms with Crippen LogP contribution in [0.1, 0.15) is 98.3 Å². The maximum atomic E-state index is 11.5. The summed E-state index contributed by atoms with van der Waals surface area (Å²) < 4.78 is 0. The molecule has 0 spiro atoms. The van der Waals surface area contributed by atoms with Crippen molar-refractivity contribution in [3.05, 3.63) is 0 Å². The minimum absolute atomic E-state index is 0.0357. The number of hydrogen-bond acceptors (Lipinski definition) is 2. The Hall–Kier alpha value is -0.370. The molecule has 0 aliphatic heterocycles. The minimum Gasteiger partial charge on any atom is -0.393 e. The summed E-state index contributed by atoms with van der Waals surface area (Å²) in [6.45, 7) is 9.38. The van der Waals surface area contributed by atoms with Crippen molar-refractivity contribution >= 4 is 5.78 Å². The van der Waals surface area contributed by atoms with Gasteiger partial charge in [-0.3, -0.25) is 0 Å². The molecule has 9 atom stereocenters. The van der Waals surface area contributed by atoms with Gasteiger partial charge in [-0.05, 0) is 117 Å². The van der Waals surface area contributed by atoms with Crippen LogP contribution in [-0.4, -0.2) is 17.0 Å². The fraction of sp³-hybridized carbons (Fsp3) is 0.960. The highest BCUT2D eigenvalue weighted by Crippen LogP contribution is 2.68. The fourth-order valence-corrected chi connectivity index (χ4v) is 8.84. The summed E-state index contributed by atoms with van der Waals surface area (Å²) in [6.07, 6.45) is 13.6. The topological polar surface area (TPSA) is 37.3 Å². The van der Waals surface area contributed by atoms with Crippen molar-refractivity contribution in [3.63, 3.8) is 0 Å². The van der Waals surface area contributed by atoms with Crippen LogP contribution in [0.2, 0.25) is 0 Å². The average Bonchev–Trinajstić information content (AvgIpc) is 2.97. The quantitative estimate of drug-likeness (QED) is 0.654. The van der Waals surface area contributed by atoms with Crippen molar-refractivity contribution in [2.24, 2.45) is 46.3 Å². The fourth-order valence-electron chi connectivity index (χ4n) is 8.84. The van der Waals surface area contributed by atoms with Crippen molar-refractivity contribution in [2.75, 3.05) is 0 Å². The SMILES string of the molecule is CC(=O)CCC(C)C1CCC2C3CC[C@@H]4CC(O)CC[C@]4(C)C3CCC12C. The van der Waals surface area contributed by atoms with E-state index in [4.69, 9.17) is 0 Å². The van der Waals surface area contributed by atoms with E-state index >= 15 is 0 Å². The summed E-state index contributed by atoms with van der Waals surface area (Å²) in [4.78, 5) is 11.5. The molecule has 0 heterocycles. The highest BCUT2D eigenvalue weighted by Gasteiger charge is 2.60. The molecule has 7 unspecified atom stereocenters. The van der Waals surface area contributed by atoms with Crippen LogP contribution in [0.15, 0.2) is 0 Å². The zero-order valence-electron chi connectivity index (χ0n) is 18.2. The van der Waals surface area contributed by atoms with Crippen molar-refractivity contribution < 1.29 is 9.90 Å². The van der Waals surface area contributed by atoms with Gasteiger partial charge in [0.15, 0.2) is 0 Å². The van der Waals surface area contributed by atoms with E-state index in [1.807, 2.05) is 0 Å². The molecule has 4 aliphatic rings. The molecule has 4 aliphatic carbocycles. The van der Waals surface area contributed by atoms with Crippen molar-refractivity contribution in [1.82, 2.24) is 0 Å². The number of carbonyl (C=O) groups excluding carboxylic acids is 1. The van der Waals surface area contributed by atoms with Gasteiger partial charge in [0.1, 0.15) is 5.78 Å². The predicted molar refractivity (Wildman–Crippen MR) is 110 cm³/mol. The minimum atomic E-state index is -0.0357. The summed E-state index contributed by atoms with van der Waals surface area (Å²) >= 11 is 0. The highest BCUT2D eigenvalue weighted by atomic mass is 16.3. The largest absolute Gasteiger partial charge is 0.393 e. The summed E-state index contributed by atoms with van der Waals surface area (Å²) in [7, 11) is 0. The van der Waals surface area contributed by atoms with E-state index in [1.165, 1.54) is 44.9 Å². The lowest BCUT2D eigenvalue weighted by atomic mass is 9.44. The smallest absolute Gasteiger partial charge is 0.129 e. The van der Waals surface area contributed by atoms with E-state index in [0.29, 0.717) is 22.5 Å². The van der Waals surface area contributed by atoms with Gasteiger partial charge in [0, 0.05) is 6.42 Å². The molecule has 27 heavy (non-hydrogen) atoms. The van der Waals surface area contributed by atoms with Gasteiger partial charge >= 0.3 is 0 Å². The molecule has 0 aromatic heterocycles. The zero-order valence-corrected chi connectivity index (χ0v) is 18.2. The normalized spacial score (nSPS) is 50.4. The first kappa shape index (κ1) is 19.9. The van der Waals surface area contributed by atoms with Gasteiger partial charge in [0.05, 0.1) is 6.10 Å². The standard InChI is InChI=1S/C25H42O2/c1-16(5-6-17(2)26)21-9-10-22-20-8-7-18-15-19(27)11-13-24(18,3)23(20)12-14-25(21,22)4/h16,18-23,27H,5-15H2,1-4H3/t16?,18-,19?,20?,21?,22?,23?,24+,25?/m1/s1. The Kier molecular flexibility index (Phi) is 5.28. The summed E-state index contributed by atoms with van der Waals surface area (Å²) in [5.41, 5.74) is 0.997. The molecule has 0 radical (unpaired) electrons. The summed E-state index contributed by atoms with van der Waals surface area (Å²) in [5, 5.41) is 10.2. The van der Waals surface area contributed by atoms with Gasteiger partial charge < -0.3 is 9.90 Å². The summed E-state index contributed by atoms with van der Waals surface area (Å²) in [5.74, 6) is 5.36. The molecule has 0 bridgehead atoms. The maximum absolute atomic E-state index is 11.5. The molecule has 0 amide bonds. The Bertz CT molecular complexity index is 571. The number of hydrogen-bond donors (Lipinski definition) is 1.